The van der Waals surface area contributed by atoms with Crippen LogP contribution in [0.25, 0.3) is 6.08 Å². The van der Waals surface area contributed by atoms with Crippen molar-refractivity contribution in [1.82, 2.24) is 4.98 Å². The normalized spacial score (nSPS) is 10.8. The predicted molar refractivity (Wildman–Crippen MR) is 110 cm³/mol. The lowest BCUT2D eigenvalue weighted by Gasteiger charge is -2.05. The van der Waals surface area contributed by atoms with Crippen LogP contribution in [0.3, 0.4) is 0 Å². The third-order valence-electron chi connectivity index (χ3n) is 3.81. The molecule has 0 aliphatic carbocycles. The number of nitrogens with one attached hydrogen (secondary N) is 2. The Kier molecular flexibility index (Phi) is 6.29. The molecule has 0 unspecified atom stereocenters. The van der Waals surface area contributed by atoms with E-state index < -0.39 is 0 Å². The van der Waals surface area contributed by atoms with E-state index in [0.29, 0.717) is 22.1 Å². The Balaban J connectivity index is 1.53. The first kappa shape index (κ1) is 19.4. The topological polar surface area (TPSA) is 71.1 Å². The van der Waals surface area contributed by atoms with Crippen molar-refractivity contribution in [3.63, 3.8) is 0 Å². The molecule has 0 saturated heterocycles. The van der Waals surface area contributed by atoms with Gasteiger partial charge in [0, 0.05) is 17.1 Å². The number of aromatic nitrogens is 1. The molecule has 0 aliphatic heterocycles. The van der Waals surface area contributed by atoms with Crippen molar-refractivity contribution in [3.8, 4) is 0 Å². The second-order valence-electron chi connectivity index (χ2n) is 6.07. The Hall–Kier alpha value is -3.32. The van der Waals surface area contributed by atoms with Crippen molar-refractivity contribution in [2.45, 2.75) is 13.3 Å². The highest BCUT2D eigenvalue weighted by Gasteiger charge is 2.10. The summed E-state index contributed by atoms with van der Waals surface area (Å²) in [4.78, 5) is 28.3. The number of carbonyl (C=O) groups excluding carboxylic acids is 2. The van der Waals surface area contributed by atoms with Crippen LogP contribution in [0.4, 0.5) is 15.2 Å². The molecule has 0 fully saturated rings. The molecule has 5 nitrogen and oxygen atoms in total. The van der Waals surface area contributed by atoms with Gasteiger partial charge in [0.05, 0.1) is 12.1 Å². The van der Waals surface area contributed by atoms with Gasteiger partial charge in [0.15, 0.2) is 5.13 Å². The molecule has 2 aromatic carbocycles. The second-order valence-corrected chi connectivity index (χ2v) is 6.92. The zero-order chi connectivity index (χ0) is 19.9. The molecule has 28 heavy (non-hydrogen) atoms. The van der Waals surface area contributed by atoms with Gasteiger partial charge in [-0.25, -0.2) is 9.37 Å². The molecule has 0 aliphatic rings. The Bertz CT molecular complexity index is 1020. The van der Waals surface area contributed by atoms with Crippen LogP contribution in [-0.4, -0.2) is 16.8 Å². The van der Waals surface area contributed by atoms with Crippen LogP contribution in [0, 0.1) is 12.7 Å². The standard InChI is InChI=1S/C21H18FN3O2S/c1-14-7-9-16(11-18(14)22)23-20(27)12-17-13-28-21(24-17)25-19(26)10-8-15-5-3-2-4-6-15/h2-11,13H,12H2,1H3,(H,23,27)(H,24,25,26)/b10-8+. The average molecular weight is 395 g/mol. The van der Waals surface area contributed by atoms with E-state index in [1.807, 2.05) is 30.3 Å². The zero-order valence-corrected chi connectivity index (χ0v) is 15.9. The van der Waals surface area contributed by atoms with Crippen molar-refractivity contribution in [3.05, 3.63) is 82.6 Å². The fourth-order valence-electron chi connectivity index (χ4n) is 2.37. The maximum absolute atomic E-state index is 13.5. The maximum Gasteiger partial charge on any atom is 0.250 e. The van der Waals surface area contributed by atoms with Gasteiger partial charge in [0.25, 0.3) is 0 Å². The lowest BCUT2D eigenvalue weighted by atomic mass is 10.2. The zero-order valence-electron chi connectivity index (χ0n) is 15.1. The van der Waals surface area contributed by atoms with Crippen LogP contribution in [0.1, 0.15) is 16.8 Å². The highest BCUT2D eigenvalue weighted by atomic mass is 32.1. The van der Waals surface area contributed by atoms with Crippen molar-refractivity contribution < 1.29 is 14.0 Å². The molecule has 1 heterocycles. The van der Waals surface area contributed by atoms with Crippen LogP contribution < -0.4 is 10.6 Å². The van der Waals surface area contributed by atoms with Crippen LogP contribution in [0.2, 0.25) is 0 Å². The van der Waals surface area contributed by atoms with Crippen LogP contribution >= 0.6 is 11.3 Å². The minimum absolute atomic E-state index is 0.0295. The van der Waals surface area contributed by atoms with E-state index >= 15 is 0 Å². The summed E-state index contributed by atoms with van der Waals surface area (Å²) in [5.74, 6) is -0.986. The SMILES string of the molecule is Cc1ccc(NC(=O)Cc2csc(NC(=O)/C=C/c3ccccc3)n2)cc1F. The number of halogens is 1. The first-order valence-corrected chi connectivity index (χ1v) is 9.42. The van der Waals surface area contributed by atoms with Gasteiger partial charge >= 0.3 is 0 Å². The number of nitrogens with zero attached hydrogens (tertiary/aromatic N) is 1. The van der Waals surface area contributed by atoms with E-state index in [1.165, 1.54) is 23.5 Å². The van der Waals surface area contributed by atoms with E-state index in [9.17, 15) is 14.0 Å². The largest absolute Gasteiger partial charge is 0.326 e. The first-order chi connectivity index (χ1) is 13.5. The van der Waals surface area contributed by atoms with Crippen molar-refractivity contribution in [2.75, 3.05) is 10.6 Å². The lowest BCUT2D eigenvalue weighted by molar-refractivity contribution is -0.115. The summed E-state index contributed by atoms with van der Waals surface area (Å²) < 4.78 is 13.5. The summed E-state index contributed by atoms with van der Waals surface area (Å²) in [5.41, 5.74) is 2.35. The van der Waals surface area contributed by atoms with Crippen molar-refractivity contribution >= 4 is 40.0 Å². The Morgan fingerprint density at radius 1 is 1.14 bits per heavy atom. The summed E-state index contributed by atoms with van der Waals surface area (Å²) in [6.45, 7) is 1.65. The van der Waals surface area contributed by atoms with Gasteiger partial charge in [-0.2, -0.15) is 0 Å². The molecule has 0 bridgehead atoms. The third kappa shape index (κ3) is 5.59. The van der Waals surface area contributed by atoms with Crippen molar-refractivity contribution in [2.24, 2.45) is 0 Å². The first-order valence-electron chi connectivity index (χ1n) is 8.54. The number of rotatable bonds is 6. The number of thiazole rings is 1. The summed E-state index contributed by atoms with van der Waals surface area (Å²) in [5, 5.41) is 7.41. The van der Waals surface area contributed by atoms with Gasteiger partial charge in [-0.1, -0.05) is 36.4 Å². The quantitative estimate of drug-likeness (QED) is 0.607. The maximum atomic E-state index is 13.5. The summed E-state index contributed by atoms with van der Waals surface area (Å²) in [6, 6.07) is 14.0. The average Bonchev–Trinajstić information content (AvgIpc) is 3.10. The van der Waals surface area contributed by atoms with Gasteiger partial charge in [0.1, 0.15) is 5.82 Å². The number of anilines is 2. The van der Waals surface area contributed by atoms with E-state index in [4.69, 9.17) is 0 Å². The Morgan fingerprint density at radius 3 is 2.68 bits per heavy atom. The van der Waals surface area contributed by atoms with Crippen LogP contribution in [0.15, 0.2) is 60.0 Å². The molecule has 1 aromatic heterocycles. The number of hydrogen-bond acceptors (Lipinski definition) is 4. The van der Waals surface area contributed by atoms with E-state index in [-0.39, 0.29) is 24.1 Å². The minimum Gasteiger partial charge on any atom is -0.326 e. The van der Waals surface area contributed by atoms with Gasteiger partial charge in [-0.05, 0) is 36.3 Å². The van der Waals surface area contributed by atoms with Crippen molar-refractivity contribution in [1.29, 1.82) is 0 Å². The third-order valence-corrected chi connectivity index (χ3v) is 4.61. The molecule has 0 atom stereocenters. The highest BCUT2D eigenvalue weighted by molar-refractivity contribution is 7.14. The second kappa shape index (κ2) is 9.05. The molecule has 3 aromatic rings. The highest BCUT2D eigenvalue weighted by Crippen LogP contribution is 2.17. The summed E-state index contributed by atoms with van der Waals surface area (Å²) in [6.07, 6.45) is 3.16. The molecule has 2 N–H and O–H groups in total. The molecule has 0 spiro atoms. The van der Waals surface area contributed by atoms with Crippen LogP contribution in [0.5, 0.6) is 0 Å². The summed E-state index contributed by atoms with van der Waals surface area (Å²) >= 11 is 1.24. The van der Waals surface area contributed by atoms with Gasteiger partial charge in [-0.3, -0.25) is 14.9 Å². The van der Waals surface area contributed by atoms with Gasteiger partial charge < -0.3 is 5.32 Å². The molecule has 2 amide bonds. The molecular formula is C21H18FN3O2S. The molecule has 7 heteroatoms. The number of hydrogen-bond donors (Lipinski definition) is 2. The molecular weight excluding hydrogens is 377 g/mol. The van der Waals surface area contributed by atoms with E-state index in [1.54, 1.807) is 30.5 Å². The van der Waals surface area contributed by atoms with Crippen LogP contribution in [-0.2, 0) is 16.0 Å². The van der Waals surface area contributed by atoms with Gasteiger partial charge in [-0.15, -0.1) is 11.3 Å². The Labute approximate surface area is 165 Å². The fourth-order valence-corrected chi connectivity index (χ4v) is 3.08. The number of benzene rings is 2. The van der Waals surface area contributed by atoms with Gasteiger partial charge in [0.2, 0.25) is 11.8 Å². The fraction of sp³-hybridized carbons (Fsp3) is 0.0952. The monoisotopic (exact) mass is 395 g/mol. The molecule has 142 valence electrons. The smallest absolute Gasteiger partial charge is 0.250 e. The number of carbonyl (C=O) groups is 2. The molecule has 0 saturated carbocycles. The number of amides is 2. The lowest BCUT2D eigenvalue weighted by Crippen LogP contribution is -2.15. The Morgan fingerprint density at radius 2 is 1.93 bits per heavy atom. The molecule has 0 radical (unpaired) electrons. The minimum atomic E-state index is -0.375. The predicted octanol–water partition coefficient (Wildman–Crippen LogP) is 4.42. The molecule has 3 rings (SSSR count). The summed E-state index contributed by atoms with van der Waals surface area (Å²) in [7, 11) is 0. The number of aryl methyl sites for hydroxylation is 1. The van der Waals surface area contributed by atoms with E-state index in [2.05, 4.69) is 15.6 Å². The van der Waals surface area contributed by atoms with E-state index in [0.717, 1.165) is 5.56 Å².